The fraction of sp³-hybridized carbons (Fsp3) is 0.714. The van der Waals surface area contributed by atoms with E-state index < -0.39 is 0 Å². The fourth-order valence-electron chi connectivity index (χ4n) is 2.00. The second-order valence-electron chi connectivity index (χ2n) is 4.88. The zero-order valence-corrected chi connectivity index (χ0v) is 10.7. The van der Waals surface area contributed by atoms with Crippen LogP contribution in [0.25, 0.3) is 0 Å². The Morgan fingerprint density at radius 3 is 2.56 bits per heavy atom. The van der Waals surface area contributed by atoms with E-state index in [1.807, 2.05) is 6.08 Å². The van der Waals surface area contributed by atoms with Gasteiger partial charge in [-0.05, 0) is 33.1 Å². The Hall–Kier alpha value is -0.600. The van der Waals surface area contributed by atoms with Crippen LogP contribution in [-0.4, -0.2) is 36.7 Å². The van der Waals surface area contributed by atoms with Gasteiger partial charge < -0.3 is 4.74 Å². The first kappa shape index (κ1) is 13.5. The zero-order chi connectivity index (χ0) is 11.9. The van der Waals surface area contributed by atoms with E-state index in [1.54, 1.807) is 0 Å². The van der Waals surface area contributed by atoms with Crippen LogP contribution < -0.4 is 0 Å². The number of hydrogen-bond acceptors (Lipinski definition) is 2. The number of allylic oxidation sites excluding steroid dienone is 2. The Morgan fingerprint density at radius 1 is 1.25 bits per heavy atom. The fourth-order valence-corrected chi connectivity index (χ4v) is 2.00. The van der Waals surface area contributed by atoms with E-state index in [1.165, 1.54) is 6.42 Å². The van der Waals surface area contributed by atoms with Gasteiger partial charge in [0.25, 0.3) is 0 Å². The van der Waals surface area contributed by atoms with Crippen LogP contribution in [0.3, 0.4) is 0 Å². The molecule has 0 aromatic heterocycles. The van der Waals surface area contributed by atoms with E-state index in [4.69, 9.17) is 4.74 Å². The highest BCUT2D eigenvalue weighted by Crippen LogP contribution is 2.18. The Morgan fingerprint density at radius 2 is 1.94 bits per heavy atom. The second kappa shape index (κ2) is 6.87. The lowest BCUT2D eigenvalue weighted by Crippen LogP contribution is -2.48. The summed E-state index contributed by atoms with van der Waals surface area (Å²) in [5.41, 5.74) is 0.165. The predicted octanol–water partition coefficient (Wildman–Crippen LogP) is 3.01. The minimum atomic E-state index is 0.165. The SMILES string of the molecule is C=CCCCC=CC(C)(C)N1CCOCC1. The molecule has 0 atom stereocenters. The van der Waals surface area contributed by atoms with Crippen LogP contribution >= 0.6 is 0 Å². The molecular formula is C14H25NO. The molecule has 0 radical (unpaired) electrons. The molecule has 1 aliphatic heterocycles. The highest BCUT2D eigenvalue weighted by Gasteiger charge is 2.24. The number of morpholine rings is 1. The molecule has 0 bridgehead atoms. The van der Waals surface area contributed by atoms with Crippen LogP contribution in [0, 0.1) is 0 Å². The molecule has 0 saturated carbocycles. The summed E-state index contributed by atoms with van der Waals surface area (Å²) in [6.07, 6.45) is 10.1. The quantitative estimate of drug-likeness (QED) is 0.507. The Labute approximate surface area is 100.0 Å². The molecule has 0 spiro atoms. The lowest BCUT2D eigenvalue weighted by Gasteiger charge is -2.38. The average Bonchev–Trinajstić information content (AvgIpc) is 2.30. The van der Waals surface area contributed by atoms with Crippen molar-refractivity contribution in [2.75, 3.05) is 26.3 Å². The molecule has 0 aliphatic carbocycles. The maximum Gasteiger partial charge on any atom is 0.0594 e. The van der Waals surface area contributed by atoms with Crippen molar-refractivity contribution in [2.45, 2.75) is 38.6 Å². The topological polar surface area (TPSA) is 12.5 Å². The first-order valence-electron chi connectivity index (χ1n) is 6.28. The van der Waals surface area contributed by atoms with E-state index in [-0.39, 0.29) is 5.54 Å². The third kappa shape index (κ3) is 4.50. The molecule has 1 heterocycles. The third-order valence-electron chi connectivity index (χ3n) is 3.13. The first-order chi connectivity index (χ1) is 7.67. The summed E-state index contributed by atoms with van der Waals surface area (Å²) in [7, 11) is 0. The molecular weight excluding hydrogens is 198 g/mol. The smallest absolute Gasteiger partial charge is 0.0594 e. The van der Waals surface area contributed by atoms with Crippen molar-refractivity contribution < 1.29 is 4.74 Å². The average molecular weight is 223 g/mol. The minimum absolute atomic E-state index is 0.165. The van der Waals surface area contributed by atoms with Gasteiger partial charge in [-0.15, -0.1) is 6.58 Å². The van der Waals surface area contributed by atoms with Crippen LogP contribution in [0.2, 0.25) is 0 Å². The van der Waals surface area contributed by atoms with E-state index in [2.05, 4.69) is 37.5 Å². The van der Waals surface area contributed by atoms with Gasteiger partial charge in [0.2, 0.25) is 0 Å². The van der Waals surface area contributed by atoms with Crippen molar-refractivity contribution in [3.05, 3.63) is 24.8 Å². The summed E-state index contributed by atoms with van der Waals surface area (Å²) in [5, 5.41) is 0. The van der Waals surface area contributed by atoms with E-state index >= 15 is 0 Å². The number of hydrogen-bond donors (Lipinski definition) is 0. The lowest BCUT2D eigenvalue weighted by atomic mass is 10.0. The zero-order valence-electron chi connectivity index (χ0n) is 10.7. The lowest BCUT2D eigenvalue weighted by molar-refractivity contribution is 0.00468. The minimum Gasteiger partial charge on any atom is -0.379 e. The molecule has 1 aliphatic rings. The largest absolute Gasteiger partial charge is 0.379 e. The van der Waals surface area contributed by atoms with E-state index in [0.29, 0.717) is 0 Å². The Bertz CT molecular complexity index is 227. The first-order valence-corrected chi connectivity index (χ1v) is 6.28. The molecule has 1 rings (SSSR count). The van der Waals surface area contributed by atoms with Gasteiger partial charge >= 0.3 is 0 Å². The van der Waals surface area contributed by atoms with Crippen molar-refractivity contribution in [2.24, 2.45) is 0 Å². The summed E-state index contributed by atoms with van der Waals surface area (Å²) in [6.45, 7) is 12.1. The van der Waals surface area contributed by atoms with Gasteiger partial charge in [-0.3, -0.25) is 4.90 Å². The molecule has 1 fully saturated rings. The maximum atomic E-state index is 5.38. The summed E-state index contributed by atoms with van der Waals surface area (Å²) < 4.78 is 5.38. The van der Waals surface area contributed by atoms with Gasteiger partial charge in [-0.2, -0.15) is 0 Å². The highest BCUT2D eigenvalue weighted by atomic mass is 16.5. The normalized spacial score (nSPS) is 19.1. The summed E-state index contributed by atoms with van der Waals surface area (Å²) in [4.78, 5) is 2.49. The summed E-state index contributed by atoms with van der Waals surface area (Å²) >= 11 is 0. The van der Waals surface area contributed by atoms with Crippen LogP contribution in [0.15, 0.2) is 24.8 Å². The van der Waals surface area contributed by atoms with Crippen LogP contribution in [0.1, 0.15) is 33.1 Å². The van der Waals surface area contributed by atoms with Crippen LogP contribution in [0.5, 0.6) is 0 Å². The van der Waals surface area contributed by atoms with Crippen molar-refractivity contribution in [1.82, 2.24) is 4.90 Å². The van der Waals surface area contributed by atoms with Crippen molar-refractivity contribution >= 4 is 0 Å². The van der Waals surface area contributed by atoms with E-state index in [0.717, 1.165) is 39.1 Å². The van der Waals surface area contributed by atoms with Crippen molar-refractivity contribution in [3.63, 3.8) is 0 Å². The number of rotatable bonds is 6. The van der Waals surface area contributed by atoms with E-state index in [9.17, 15) is 0 Å². The van der Waals surface area contributed by atoms with Crippen LogP contribution in [0.4, 0.5) is 0 Å². The molecule has 0 aromatic rings. The molecule has 1 saturated heterocycles. The molecule has 0 amide bonds. The molecule has 2 heteroatoms. The maximum absolute atomic E-state index is 5.38. The van der Waals surface area contributed by atoms with Crippen LogP contribution in [-0.2, 0) is 4.74 Å². The summed E-state index contributed by atoms with van der Waals surface area (Å²) in [5.74, 6) is 0. The van der Waals surface area contributed by atoms with Gasteiger partial charge in [0.1, 0.15) is 0 Å². The predicted molar refractivity (Wildman–Crippen MR) is 69.7 cm³/mol. The van der Waals surface area contributed by atoms with Crippen molar-refractivity contribution in [3.8, 4) is 0 Å². The van der Waals surface area contributed by atoms with Gasteiger partial charge in [-0.25, -0.2) is 0 Å². The summed E-state index contributed by atoms with van der Waals surface area (Å²) in [6, 6.07) is 0. The Balaban J connectivity index is 2.33. The van der Waals surface area contributed by atoms with Crippen molar-refractivity contribution in [1.29, 1.82) is 0 Å². The molecule has 16 heavy (non-hydrogen) atoms. The molecule has 0 unspecified atom stereocenters. The highest BCUT2D eigenvalue weighted by molar-refractivity contribution is 5.03. The molecule has 0 aromatic carbocycles. The van der Waals surface area contributed by atoms with Gasteiger partial charge in [0.15, 0.2) is 0 Å². The Kier molecular flexibility index (Phi) is 5.78. The number of ether oxygens (including phenoxy) is 1. The standard InChI is InChI=1S/C14H25NO/c1-4-5-6-7-8-9-14(2,3)15-10-12-16-13-11-15/h4,8-9H,1,5-7,10-13H2,2-3H3. The van der Waals surface area contributed by atoms with Gasteiger partial charge in [-0.1, -0.05) is 18.2 Å². The van der Waals surface area contributed by atoms with Gasteiger partial charge in [0.05, 0.1) is 13.2 Å². The third-order valence-corrected chi connectivity index (χ3v) is 3.13. The monoisotopic (exact) mass is 223 g/mol. The molecule has 0 N–H and O–H groups in total. The molecule has 92 valence electrons. The number of nitrogens with zero attached hydrogens (tertiary/aromatic N) is 1. The number of unbranched alkanes of at least 4 members (excludes halogenated alkanes) is 2. The molecule has 2 nitrogen and oxygen atoms in total. The second-order valence-corrected chi connectivity index (χ2v) is 4.88. The van der Waals surface area contributed by atoms with Gasteiger partial charge in [0, 0.05) is 18.6 Å².